The number of ether oxygens (including phenoxy) is 1. The molecule has 10 heteroatoms. The standard InChI is InChI=1S/C39H30Cl2N2O6/c1-49-32-18-21(10-17-31(32)44)34-27-15-16-28-33(37(47)42(35(28)45)25-13-11-23(40)12-14-25)29(27)20-30-36(46)43(26-9-5-8-24(41)19-26)38(48)39(30,34)22-6-3-2-4-7-22/h2-15,17-19,28-30,33-34,44H,16,20H2,1H3/t28-,29+,30-,33-,34-,39+/m0/s1. The second kappa shape index (κ2) is 11.6. The summed E-state index contributed by atoms with van der Waals surface area (Å²) in [5.74, 6) is -4.89. The van der Waals surface area contributed by atoms with E-state index in [1.165, 1.54) is 23.0 Å². The van der Waals surface area contributed by atoms with Gasteiger partial charge in [-0.15, -0.1) is 0 Å². The maximum Gasteiger partial charge on any atom is 0.246 e. The number of hydrogen-bond donors (Lipinski definition) is 1. The summed E-state index contributed by atoms with van der Waals surface area (Å²) in [6.45, 7) is 0. The third-order valence-corrected chi connectivity index (χ3v) is 11.3. The van der Waals surface area contributed by atoms with Crippen molar-refractivity contribution in [3.63, 3.8) is 0 Å². The molecule has 0 radical (unpaired) electrons. The summed E-state index contributed by atoms with van der Waals surface area (Å²) in [7, 11) is 1.45. The van der Waals surface area contributed by atoms with E-state index >= 15 is 4.79 Å². The zero-order valence-electron chi connectivity index (χ0n) is 26.3. The van der Waals surface area contributed by atoms with Gasteiger partial charge in [-0.1, -0.05) is 77.3 Å². The van der Waals surface area contributed by atoms with Gasteiger partial charge in [0.25, 0.3) is 0 Å². The van der Waals surface area contributed by atoms with Gasteiger partial charge >= 0.3 is 0 Å². The van der Waals surface area contributed by atoms with Gasteiger partial charge in [0.05, 0.1) is 41.7 Å². The van der Waals surface area contributed by atoms with Crippen LogP contribution in [0, 0.1) is 23.7 Å². The number of amides is 4. The lowest BCUT2D eigenvalue weighted by Gasteiger charge is -2.50. The third kappa shape index (κ3) is 4.50. The summed E-state index contributed by atoms with van der Waals surface area (Å²) >= 11 is 12.5. The second-order valence-electron chi connectivity index (χ2n) is 13.0. The van der Waals surface area contributed by atoms with Crippen LogP contribution >= 0.6 is 23.2 Å². The van der Waals surface area contributed by atoms with Gasteiger partial charge < -0.3 is 9.84 Å². The number of phenols is 1. The smallest absolute Gasteiger partial charge is 0.246 e. The lowest BCUT2D eigenvalue weighted by molar-refractivity contribution is -0.127. The molecule has 3 fully saturated rings. The van der Waals surface area contributed by atoms with Crippen LogP contribution < -0.4 is 14.5 Å². The fourth-order valence-corrected chi connectivity index (χ4v) is 9.15. The number of imide groups is 2. The summed E-state index contributed by atoms with van der Waals surface area (Å²) in [6, 6.07) is 27.4. The molecular weight excluding hydrogens is 663 g/mol. The van der Waals surface area contributed by atoms with Crippen LogP contribution in [0.3, 0.4) is 0 Å². The van der Waals surface area contributed by atoms with Crippen LogP contribution in [-0.2, 0) is 24.6 Å². The molecule has 4 aliphatic rings. The average Bonchev–Trinajstić information content (AvgIpc) is 3.50. The monoisotopic (exact) mass is 692 g/mol. The van der Waals surface area contributed by atoms with Gasteiger partial charge in [-0.3, -0.25) is 24.1 Å². The van der Waals surface area contributed by atoms with Gasteiger partial charge in [-0.2, -0.15) is 0 Å². The number of anilines is 2. The van der Waals surface area contributed by atoms with Gasteiger partial charge in [0.15, 0.2) is 11.5 Å². The van der Waals surface area contributed by atoms with E-state index in [-0.39, 0.29) is 36.2 Å². The lowest BCUT2D eigenvalue weighted by atomic mass is 9.49. The quantitative estimate of drug-likeness (QED) is 0.177. The Morgan fingerprint density at radius 3 is 2.22 bits per heavy atom. The van der Waals surface area contributed by atoms with E-state index in [0.717, 1.165) is 5.57 Å². The van der Waals surface area contributed by atoms with E-state index in [1.54, 1.807) is 60.7 Å². The first kappa shape index (κ1) is 31.4. The summed E-state index contributed by atoms with van der Waals surface area (Å²) in [6.07, 6.45) is 2.45. The second-order valence-corrected chi connectivity index (χ2v) is 13.9. The maximum atomic E-state index is 15.3. The molecule has 2 aliphatic carbocycles. The SMILES string of the molecule is COc1cc([C@H]2C3=CC[C@@H]4C(=O)N(c5ccc(Cl)cc5)C(=O)[C@@H]4[C@@H]3C[C@H]3C(=O)N(c4cccc(Cl)c4)C(=O)[C@@]23c2ccccc2)ccc1O. The number of nitrogens with zero attached hydrogens (tertiary/aromatic N) is 2. The molecule has 2 heterocycles. The average molecular weight is 694 g/mol. The largest absolute Gasteiger partial charge is 0.504 e. The molecule has 2 saturated heterocycles. The summed E-state index contributed by atoms with van der Waals surface area (Å²) in [5.41, 5.74) is 1.45. The number of rotatable bonds is 5. The lowest BCUT2D eigenvalue weighted by Crippen LogP contribution is -2.53. The highest BCUT2D eigenvalue weighted by Gasteiger charge is 2.70. The first-order valence-corrected chi connectivity index (χ1v) is 16.8. The van der Waals surface area contributed by atoms with Crippen LogP contribution in [0.25, 0.3) is 0 Å². The molecule has 0 unspecified atom stereocenters. The fraction of sp³-hybridized carbons (Fsp3) is 0.231. The van der Waals surface area contributed by atoms with Gasteiger partial charge in [0.1, 0.15) is 0 Å². The molecule has 8 rings (SSSR count). The number of methoxy groups -OCH3 is 1. The molecule has 4 amide bonds. The highest BCUT2D eigenvalue weighted by molar-refractivity contribution is 6.32. The van der Waals surface area contributed by atoms with Crippen molar-refractivity contribution < 1.29 is 29.0 Å². The van der Waals surface area contributed by atoms with Crippen molar-refractivity contribution in [2.24, 2.45) is 23.7 Å². The molecule has 2 aliphatic heterocycles. The summed E-state index contributed by atoms with van der Waals surface area (Å²) < 4.78 is 5.52. The molecule has 6 atom stereocenters. The predicted molar refractivity (Wildman–Crippen MR) is 185 cm³/mol. The molecule has 0 aromatic heterocycles. The third-order valence-electron chi connectivity index (χ3n) is 10.8. The van der Waals surface area contributed by atoms with E-state index in [2.05, 4.69) is 0 Å². The Morgan fingerprint density at radius 1 is 0.755 bits per heavy atom. The number of carbonyl (C=O) groups excluding carboxylic acids is 4. The highest BCUT2D eigenvalue weighted by Crippen LogP contribution is 2.64. The molecule has 246 valence electrons. The van der Waals surface area contributed by atoms with Crippen molar-refractivity contribution in [1.82, 2.24) is 0 Å². The van der Waals surface area contributed by atoms with Crippen molar-refractivity contribution in [3.05, 3.63) is 130 Å². The number of benzene rings is 4. The summed E-state index contributed by atoms with van der Waals surface area (Å²) in [5, 5.41) is 11.5. The normalized spacial score (nSPS) is 27.5. The number of fused-ring (bicyclic) bond motifs is 4. The number of phenolic OH excluding ortho intramolecular Hbond substituents is 1. The molecule has 4 aromatic rings. The Bertz CT molecular complexity index is 2080. The molecule has 8 nitrogen and oxygen atoms in total. The van der Waals surface area contributed by atoms with E-state index in [4.69, 9.17) is 27.9 Å². The van der Waals surface area contributed by atoms with Crippen LogP contribution in [0.5, 0.6) is 11.5 Å². The van der Waals surface area contributed by atoms with Crippen LogP contribution in [0.1, 0.15) is 29.9 Å². The minimum atomic E-state index is -1.43. The molecule has 49 heavy (non-hydrogen) atoms. The van der Waals surface area contributed by atoms with Gasteiger partial charge in [0.2, 0.25) is 23.6 Å². The van der Waals surface area contributed by atoms with Crippen molar-refractivity contribution in [2.45, 2.75) is 24.2 Å². The molecule has 1 saturated carbocycles. The van der Waals surface area contributed by atoms with E-state index < -0.39 is 46.8 Å². The number of aromatic hydroxyl groups is 1. The van der Waals surface area contributed by atoms with Gasteiger partial charge in [-0.25, -0.2) is 4.90 Å². The van der Waals surface area contributed by atoms with E-state index in [1.807, 2.05) is 36.4 Å². The minimum absolute atomic E-state index is 0.0776. The number of allylic oxidation sites excluding steroid dienone is 2. The first-order valence-electron chi connectivity index (χ1n) is 16.1. The Kier molecular flexibility index (Phi) is 7.42. The zero-order valence-corrected chi connectivity index (χ0v) is 27.8. The van der Waals surface area contributed by atoms with Crippen molar-refractivity contribution >= 4 is 58.2 Å². The van der Waals surface area contributed by atoms with Crippen LogP contribution in [0.4, 0.5) is 11.4 Å². The molecule has 1 N–H and O–H groups in total. The number of halogens is 2. The highest BCUT2D eigenvalue weighted by atomic mass is 35.5. The fourth-order valence-electron chi connectivity index (χ4n) is 8.84. The van der Waals surface area contributed by atoms with Gasteiger partial charge in [-0.05, 0) is 84.5 Å². The van der Waals surface area contributed by atoms with E-state index in [9.17, 15) is 19.5 Å². The van der Waals surface area contributed by atoms with Crippen LogP contribution in [0.15, 0.2) is 109 Å². The molecule has 4 aromatic carbocycles. The Morgan fingerprint density at radius 2 is 1.51 bits per heavy atom. The predicted octanol–water partition coefficient (Wildman–Crippen LogP) is 7.07. The van der Waals surface area contributed by atoms with Crippen LogP contribution in [0.2, 0.25) is 10.0 Å². The number of hydrogen-bond acceptors (Lipinski definition) is 6. The first-order chi connectivity index (χ1) is 23.7. The molecule has 0 bridgehead atoms. The van der Waals surface area contributed by atoms with E-state index in [0.29, 0.717) is 32.5 Å². The molecular formula is C39H30Cl2N2O6. The van der Waals surface area contributed by atoms with Crippen molar-refractivity contribution in [2.75, 3.05) is 16.9 Å². The van der Waals surface area contributed by atoms with Gasteiger partial charge in [0, 0.05) is 16.0 Å². The zero-order chi connectivity index (χ0) is 34.2. The van der Waals surface area contributed by atoms with Crippen molar-refractivity contribution in [3.8, 4) is 11.5 Å². The molecule has 0 spiro atoms. The minimum Gasteiger partial charge on any atom is -0.504 e. The Labute approximate surface area is 292 Å². The number of carbonyl (C=O) groups is 4. The Balaban J connectivity index is 1.36. The summed E-state index contributed by atoms with van der Waals surface area (Å²) in [4.78, 5) is 60.9. The van der Waals surface area contributed by atoms with Crippen molar-refractivity contribution in [1.29, 1.82) is 0 Å². The maximum absolute atomic E-state index is 15.3. The van der Waals surface area contributed by atoms with Crippen LogP contribution in [-0.4, -0.2) is 35.8 Å². The topological polar surface area (TPSA) is 104 Å². The Hall–Kier alpha value is -4.92.